The number of hydrogen-bond donors (Lipinski definition) is 0. The fraction of sp³-hybridized carbons (Fsp3) is 0.235. The SMILES string of the molecule is CCCC[n+]1cccc2cc3ccccc3cc21. The van der Waals surface area contributed by atoms with Gasteiger partial charge in [0.05, 0.1) is 0 Å². The van der Waals surface area contributed by atoms with Crippen LogP contribution in [0.3, 0.4) is 0 Å². The normalized spacial score (nSPS) is 11.2. The van der Waals surface area contributed by atoms with Crippen LogP contribution in [0.2, 0.25) is 0 Å². The van der Waals surface area contributed by atoms with Gasteiger partial charge in [-0.05, 0) is 22.9 Å². The van der Waals surface area contributed by atoms with Crippen molar-refractivity contribution in [3.8, 4) is 0 Å². The number of aromatic nitrogens is 1. The van der Waals surface area contributed by atoms with E-state index in [9.17, 15) is 0 Å². The smallest absolute Gasteiger partial charge is 0.198 e. The monoisotopic (exact) mass is 236 g/mol. The predicted octanol–water partition coefficient (Wildman–Crippen LogP) is 4.08. The number of fused-ring (bicyclic) bond motifs is 2. The highest BCUT2D eigenvalue weighted by atomic mass is 14.9. The van der Waals surface area contributed by atoms with Gasteiger partial charge in [-0.25, -0.2) is 0 Å². The number of aryl methyl sites for hydroxylation is 1. The first-order valence-corrected chi connectivity index (χ1v) is 6.69. The lowest BCUT2D eigenvalue weighted by atomic mass is 10.1. The van der Waals surface area contributed by atoms with Crippen LogP contribution in [0.25, 0.3) is 21.7 Å². The lowest BCUT2D eigenvalue weighted by Crippen LogP contribution is -2.33. The summed E-state index contributed by atoms with van der Waals surface area (Å²) < 4.78 is 2.37. The van der Waals surface area contributed by atoms with Crippen LogP contribution < -0.4 is 4.57 Å². The number of nitrogens with zero attached hydrogens (tertiary/aromatic N) is 1. The summed E-state index contributed by atoms with van der Waals surface area (Å²) in [6.45, 7) is 3.34. The molecule has 0 spiro atoms. The summed E-state index contributed by atoms with van der Waals surface area (Å²) in [5, 5.41) is 3.96. The lowest BCUT2D eigenvalue weighted by Gasteiger charge is -2.03. The Bertz CT molecular complexity index is 685. The fourth-order valence-corrected chi connectivity index (χ4v) is 2.48. The maximum Gasteiger partial charge on any atom is 0.213 e. The summed E-state index contributed by atoms with van der Waals surface area (Å²) >= 11 is 0. The van der Waals surface area contributed by atoms with Crippen molar-refractivity contribution >= 4 is 21.7 Å². The molecule has 1 nitrogen and oxygen atoms in total. The molecule has 0 aliphatic heterocycles. The van der Waals surface area contributed by atoms with Crippen molar-refractivity contribution < 1.29 is 4.57 Å². The molecular weight excluding hydrogens is 218 g/mol. The minimum Gasteiger partial charge on any atom is -0.198 e. The highest BCUT2D eigenvalue weighted by Gasteiger charge is 2.08. The van der Waals surface area contributed by atoms with Crippen molar-refractivity contribution in [3.63, 3.8) is 0 Å². The van der Waals surface area contributed by atoms with E-state index in [2.05, 4.69) is 66.2 Å². The molecule has 0 aliphatic carbocycles. The van der Waals surface area contributed by atoms with Gasteiger partial charge in [-0.1, -0.05) is 37.6 Å². The maximum absolute atomic E-state index is 2.37. The molecule has 18 heavy (non-hydrogen) atoms. The quantitative estimate of drug-likeness (QED) is 0.476. The third-order valence-electron chi connectivity index (χ3n) is 3.50. The van der Waals surface area contributed by atoms with Gasteiger partial charge in [-0.3, -0.25) is 0 Å². The van der Waals surface area contributed by atoms with Crippen LogP contribution in [0.5, 0.6) is 0 Å². The van der Waals surface area contributed by atoms with E-state index >= 15 is 0 Å². The van der Waals surface area contributed by atoms with Gasteiger partial charge < -0.3 is 0 Å². The number of unbranched alkanes of at least 4 members (excludes halogenated alkanes) is 1. The van der Waals surface area contributed by atoms with Crippen LogP contribution in [-0.2, 0) is 6.54 Å². The second-order valence-electron chi connectivity index (χ2n) is 4.81. The minimum atomic E-state index is 1.10. The zero-order chi connectivity index (χ0) is 12.4. The predicted molar refractivity (Wildman–Crippen MR) is 76.6 cm³/mol. The molecule has 1 heteroatoms. The Morgan fingerprint density at radius 3 is 2.39 bits per heavy atom. The molecule has 0 unspecified atom stereocenters. The maximum atomic E-state index is 2.37. The van der Waals surface area contributed by atoms with Gasteiger partial charge in [0.15, 0.2) is 6.20 Å². The van der Waals surface area contributed by atoms with Crippen molar-refractivity contribution in [1.82, 2.24) is 0 Å². The van der Waals surface area contributed by atoms with Gasteiger partial charge in [0.2, 0.25) is 5.52 Å². The molecule has 0 fully saturated rings. The summed E-state index contributed by atoms with van der Waals surface area (Å²) in [6.07, 6.45) is 4.65. The zero-order valence-corrected chi connectivity index (χ0v) is 10.8. The Labute approximate surface area is 108 Å². The minimum absolute atomic E-state index is 1.10. The van der Waals surface area contributed by atoms with Gasteiger partial charge in [0.25, 0.3) is 0 Å². The Balaban J connectivity index is 2.22. The van der Waals surface area contributed by atoms with Crippen LogP contribution in [0.1, 0.15) is 19.8 Å². The molecule has 3 rings (SSSR count). The van der Waals surface area contributed by atoms with E-state index in [0.29, 0.717) is 0 Å². The topological polar surface area (TPSA) is 3.88 Å². The summed E-state index contributed by atoms with van der Waals surface area (Å²) in [6, 6.07) is 17.5. The highest BCUT2D eigenvalue weighted by Crippen LogP contribution is 2.20. The van der Waals surface area contributed by atoms with Crippen LogP contribution >= 0.6 is 0 Å². The molecule has 0 bridgehead atoms. The van der Waals surface area contributed by atoms with Crippen molar-refractivity contribution in [2.75, 3.05) is 0 Å². The summed E-state index contributed by atoms with van der Waals surface area (Å²) in [5.41, 5.74) is 1.34. The van der Waals surface area contributed by atoms with E-state index < -0.39 is 0 Å². The van der Waals surface area contributed by atoms with Crippen molar-refractivity contribution in [1.29, 1.82) is 0 Å². The second-order valence-corrected chi connectivity index (χ2v) is 4.81. The second kappa shape index (κ2) is 4.77. The summed E-state index contributed by atoms with van der Waals surface area (Å²) in [7, 11) is 0. The van der Waals surface area contributed by atoms with Gasteiger partial charge in [-0.15, -0.1) is 0 Å². The molecule has 0 N–H and O–H groups in total. The van der Waals surface area contributed by atoms with Gasteiger partial charge in [0, 0.05) is 23.9 Å². The Morgan fingerprint density at radius 1 is 0.889 bits per heavy atom. The molecule has 0 saturated heterocycles. The van der Waals surface area contributed by atoms with Crippen LogP contribution in [0.4, 0.5) is 0 Å². The third kappa shape index (κ3) is 1.97. The van der Waals surface area contributed by atoms with Gasteiger partial charge in [-0.2, -0.15) is 4.57 Å². The largest absolute Gasteiger partial charge is 0.213 e. The van der Waals surface area contributed by atoms with E-state index in [1.54, 1.807) is 0 Å². The van der Waals surface area contributed by atoms with Crippen molar-refractivity contribution in [3.05, 3.63) is 54.7 Å². The number of hydrogen-bond acceptors (Lipinski definition) is 0. The molecule has 90 valence electrons. The van der Waals surface area contributed by atoms with E-state index in [0.717, 1.165) is 6.54 Å². The highest BCUT2D eigenvalue weighted by molar-refractivity contribution is 5.95. The number of rotatable bonds is 3. The molecule has 1 aromatic heterocycles. The van der Waals surface area contributed by atoms with Crippen LogP contribution in [0.15, 0.2) is 54.7 Å². The van der Waals surface area contributed by atoms with E-state index in [-0.39, 0.29) is 0 Å². The average molecular weight is 236 g/mol. The van der Waals surface area contributed by atoms with Gasteiger partial charge >= 0.3 is 0 Å². The molecule has 0 amide bonds. The molecule has 0 aliphatic rings. The first kappa shape index (κ1) is 11.2. The fourth-order valence-electron chi connectivity index (χ4n) is 2.48. The van der Waals surface area contributed by atoms with Crippen molar-refractivity contribution in [2.24, 2.45) is 0 Å². The molecule has 0 atom stereocenters. The third-order valence-corrected chi connectivity index (χ3v) is 3.50. The number of pyridine rings is 1. The molecule has 0 radical (unpaired) electrons. The Kier molecular flexibility index (Phi) is 2.97. The van der Waals surface area contributed by atoms with E-state index in [1.807, 2.05) is 0 Å². The van der Waals surface area contributed by atoms with Gasteiger partial charge in [0.1, 0.15) is 6.54 Å². The first-order chi connectivity index (χ1) is 8.88. The molecular formula is C17H18N+. The van der Waals surface area contributed by atoms with Crippen LogP contribution in [-0.4, -0.2) is 0 Å². The molecule has 2 aromatic carbocycles. The molecule has 0 saturated carbocycles. The Morgan fingerprint density at radius 2 is 1.61 bits per heavy atom. The van der Waals surface area contributed by atoms with Crippen molar-refractivity contribution in [2.45, 2.75) is 26.3 Å². The Hall–Kier alpha value is -1.89. The van der Waals surface area contributed by atoms with E-state index in [1.165, 1.54) is 34.5 Å². The summed E-state index contributed by atoms with van der Waals surface area (Å²) in [4.78, 5) is 0. The lowest BCUT2D eigenvalue weighted by molar-refractivity contribution is -0.671. The van der Waals surface area contributed by atoms with Crippen LogP contribution in [0, 0.1) is 0 Å². The standard InChI is InChI=1S/C17H18N/c1-2-3-10-18-11-6-9-16-12-14-7-4-5-8-15(14)13-17(16)18/h4-9,11-13H,2-3,10H2,1H3/q+1. The molecule has 3 aromatic rings. The summed E-state index contributed by atoms with van der Waals surface area (Å²) in [5.74, 6) is 0. The zero-order valence-electron chi connectivity index (χ0n) is 10.8. The average Bonchev–Trinajstić information content (AvgIpc) is 2.43. The van der Waals surface area contributed by atoms with E-state index in [4.69, 9.17) is 0 Å². The first-order valence-electron chi connectivity index (χ1n) is 6.69. The number of benzene rings is 2. The molecule has 1 heterocycles.